The van der Waals surface area contributed by atoms with Crippen LogP contribution in [0.1, 0.15) is 44.9 Å². The summed E-state index contributed by atoms with van der Waals surface area (Å²) in [5, 5.41) is 8.83. The van der Waals surface area contributed by atoms with E-state index in [4.69, 9.17) is 28.0 Å². The number of amides is 2. The highest BCUT2D eigenvalue weighted by Crippen LogP contribution is 2.31. The third kappa shape index (κ3) is 7.45. The first kappa shape index (κ1) is 29.4. The standard InChI is InChI=1S/C23H23Cl2F3N6O3S/c1-13-10-14(24)11-15(21(35)31-7-3-4-9-38(2,29)37)19(13)32-22(36)17-12-18(23(26,27)28)33-34(17)20-16(25)6-5-8-30-20/h5-6,8,10-12,29H,3-4,7,9H2,1-2H3,(H,31,35)(H,32,36). The summed E-state index contributed by atoms with van der Waals surface area (Å²) in [6.07, 6.45) is -1.32. The molecule has 0 saturated heterocycles. The average Bonchev–Trinajstić information content (AvgIpc) is 3.26. The van der Waals surface area contributed by atoms with E-state index >= 15 is 0 Å². The van der Waals surface area contributed by atoms with Crippen LogP contribution in [0.25, 0.3) is 5.82 Å². The quantitative estimate of drug-likeness (QED) is 0.290. The van der Waals surface area contributed by atoms with Crippen molar-refractivity contribution in [1.29, 1.82) is 4.78 Å². The Hall–Kier alpha value is -3.16. The van der Waals surface area contributed by atoms with Crippen molar-refractivity contribution in [2.45, 2.75) is 25.9 Å². The van der Waals surface area contributed by atoms with E-state index in [9.17, 15) is 27.0 Å². The van der Waals surface area contributed by atoms with Gasteiger partial charge >= 0.3 is 6.18 Å². The molecule has 0 aliphatic rings. The second-order valence-corrected chi connectivity index (χ2v) is 11.7. The van der Waals surface area contributed by atoms with Crippen molar-refractivity contribution in [1.82, 2.24) is 20.1 Å². The minimum atomic E-state index is -4.85. The molecule has 2 heterocycles. The Labute approximate surface area is 226 Å². The van der Waals surface area contributed by atoms with Crippen molar-refractivity contribution in [2.24, 2.45) is 0 Å². The molecular weight excluding hydrogens is 568 g/mol. The number of halogens is 5. The number of alkyl halides is 3. The Bertz CT molecular complexity index is 1480. The number of anilines is 1. The van der Waals surface area contributed by atoms with Crippen molar-refractivity contribution in [2.75, 3.05) is 23.9 Å². The van der Waals surface area contributed by atoms with Gasteiger partial charge in [0.2, 0.25) is 0 Å². The topological polar surface area (TPSA) is 130 Å². The molecular formula is C23H23Cl2F3N6O3S. The third-order valence-electron chi connectivity index (χ3n) is 5.20. The second kappa shape index (κ2) is 11.7. The highest BCUT2D eigenvalue weighted by atomic mass is 35.5. The Morgan fingerprint density at radius 2 is 1.87 bits per heavy atom. The van der Waals surface area contributed by atoms with Gasteiger partial charge in [-0.15, -0.1) is 0 Å². The van der Waals surface area contributed by atoms with Crippen LogP contribution in [-0.4, -0.2) is 49.3 Å². The summed E-state index contributed by atoms with van der Waals surface area (Å²) in [4.78, 5) is 30.1. The third-order valence-corrected chi connectivity index (χ3v) is 6.78. The van der Waals surface area contributed by atoms with Crippen LogP contribution in [0.3, 0.4) is 0 Å². The lowest BCUT2D eigenvalue weighted by Gasteiger charge is -2.15. The monoisotopic (exact) mass is 590 g/mol. The van der Waals surface area contributed by atoms with Gasteiger partial charge in [-0.2, -0.15) is 18.3 Å². The maximum absolute atomic E-state index is 13.4. The van der Waals surface area contributed by atoms with Crippen molar-refractivity contribution in [3.63, 3.8) is 0 Å². The van der Waals surface area contributed by atoms with Gasteiger partial charge in [0.25, 0.3) is 11.8 Å². The molecule has 9 nitrogen and oxygen atoms in total. The number of nitrogens with zero attached hydrogens (tertiary/aromatic N) is 3. The summed E-state index contributed by atoms with van der Waals surface area (Å²) in [6, 6.07) is 6.21. The van der Waals surface area contributed by atoms with E-state index in [-0.39, 0.29) is 39.4 Å². The van der Waals surface area contributed by atoms with E-state index in [0.29, 0.717) is 29.2 Å². The van der Waals surface area contributed by atoms with Crippen molar-refractivity contribution >= 4 is 50.4 Å². The highest BCUT2D eigenvalue weighted by molar-refractivity contribution is 7.91. The molecule has 1 aromatic carbocycles. The smallest absolute Gasteiger partial charge is 0.352 e. The van der Waals surface area contributed by atoms with Gasteiger partial charge in [-0.3, -0.25) is 18.6 Å². The van der Waals surface area contributed by atoms with Gasteiger partial charge in [0, 0.05) is 45.6 Å². The van der Waals surface area contributed by atoms with Crippen LogP contribution in [-0.2, 0) is 15.9 Å². The number of carbonyl (C=O) groups is 2. The first-order valence-electron chi connectivity index (χ1n) is 11.1. The lowest BCUT2D eigenvalue weighted by molar-refractivity contribution is -0.141. The minimum absolute atomic E-state index is 0.0129. The average molecular weight is 591 g/mol. The normalized spacial score (nSPS) is 13.1. The summed E-state index contributed by atoms with van der Waals surface area (Å²) in [6.45, 7) is 1.77. The summed E-state index contributed by atoms with van der Waals surface area (Å²) in [5.41, 5.74) is -1.45. The van der Waals surface area contributed by atoms with Gasteiger partial charge in [-0.25, -0.2) is 9.67 Å². The Morgan fingerprint density at radius 3 is 2.50 bits per heavy atom. The van der Waals surface area contributed by atoms with E-state index < -0.39 is 39.1 Å². The van der Waals surface area contributed by atoms with Gasteiger partial charge in [0.15, 0.2) is 11.5 Å². The maximum atomic E-state index is 13.4. The van der Waals surface area contributed by atoms with Crippen LogP contribution in [0.5, 0.6) is 0 Å². The van der Waals surface area contributed by atoms with Gasteiger partial charge in [-0.1, -0.05) is 23.2 Å². The predicted octanol–water partition coefficient (Wildman–Crippen LogP) is 5.34. The van der Waals surface area contributed by atoms with Gasteiger partial charge < -0.3 is 10.6 Å². The molecule has 0 radical (unpaired) electrons. The van der Waals surface area contributed by atoms with E-state index in [2.05, 4.69) is 20.7 Å². The van der Waals surface area contributed by atoms with Gasteiger partial charge in [-0.05, 0) is 49.6 Å². The fraction of sp³-hybridized carbons (Fsp3) is 0.304. The number of hydrogen-bond acceptors (Lipinski definition) is 6. The molecule has 0 aliphatic carbocycles. The largest absolute Gasteiger partial charge is 0.435 e. The molecule has 38 heavy (non-hydrogen) atoms. The van der Waals surface area contributed by atoms with Crippen LogP contribution in [0.2, 0.25) is 10.0 Å². The van der Waals surface area contributed by atoms with Crippen LogP contribution < -0.4 is 10.6 Å². The van der Waals surface area contributed by atoms with Crippen LogP contribution >= 0.6 is 23.2 Å². The fourth-order valence-electron chi connectivity index (χ4n) is 3.44. The van der Waals surface area contributed by atoms with E-state index in [1.54, 1.807) is 6.92 Å². The molecule has 2 aromatic heterocycles. The lowest BCUT2D eigenvalue weighted by Crippen LogP contribution is -2.27. The van der Waals surface area contributed by atoms with Crippen LogP contribution in [0, 0.1) is 11.7 Å². The molecule has 0 aliphatic heterocycles. The first-order chi connectivity index (χ1) is 17.7. The number of pyridine rings is 1. The number of nitrogens with one attached hydrogen (secondary N) is 3. The van der Waals surface area contributed by atoms with Gasteiger partial charge in [0.1, 0.15) is 5.69 Å². The number of aryl methyl sites for hydroxylation is 1. The number of aromatic nitrogens is 3. The maximum Gasteiger partial charge on any atom is 0.435 e. The number of unbranched alkanes of at least 4 members (excludes halogenated alkanes) is 1. The Morgan fingerprint density at radius 1 is 1.16 bits per heavy atom. The summed E-state index contributed by atoms with van der Waals surface area (Å²) in [5.74, 6) is -1.59. The molecule has 204 valence electrons. The number of carbonyl (C=O) groups excluding carboxylic acids is 2. The summed E-state index contributed by atoms with van der Waals surface area (Å²) in [7, 11) is -2.64. The Balaban J connectivity index is 1.92. The van der Waals surface area contributed by atoms with Crippen molar-refractivity contribution in [3.8, 4) is 5.82 Å². The van der Waals surface area contributed by atoms with Crippen LogP contribution in [0.15, 0.2) is 36.5 Å². The SMILES string of the molecule is Cc1cc(Cl)cc(C(=O)NCCCCS(C)(=N)=O)c1NC(=O)c1cc(C(F)(F)F)nn1-c1ncccc1Cl. The zero-order chi connectivity index (χ0) is 28.3. The lowest BCUT2D eigenvalue weighted by atomic mass is 10.1. The molecule has 15 heteroatoms. The molecule has 0 saturated carbocycles. The zero-order valence-electron chi connectivity index (χ0n) is 20.2. The molecule has 3 rings (SSSR count). The molecule has 0 fully saturated rings. The summed E-state index contributed by atoms with van der Waals surface area (Å²) < 4.78 is 59.9. The molecule has 0 bridgehead atoms. The van der Waals surface area contributed by atoms with E-state index in [1.807, 2.05) is 0 Å². The molecule has 1 unspecified atom stereocenters. The second-order valence-electron chi connectivity index (χ2n) is 8.40. The van der Waals surface area contributed by atoms with Crippen LogP contribution in [0.4, 0.5) is 18.9 Å². The molecule has 3 N–H and O–H groups in total. The fourth-order valence-corrected chi connectivity index (χ4v) is 4.67. The predicted molar refractivity (Wildman–Crippen MR) is 139 cm³/mol. The minimum Gasteiger partial charge on any atom is -0.352 e. The summed E-state index contributed by atoms with van der Waals surface area (Å²) >= 11 is 12.2. The number of hydrogen-bond donors (Lipinski definition) is 3. The molecule has 3 aromatic rings. The molecule has 0 spiro atoms. The number of rotatable bonds is 9. The zero-order valence-corrected chi connectivity index (χ0v) is 22.5. The van der Waals surface area contributed by atoms with Crippen molar-refractivity contribution < 1.29 is 27.0 Å². The van der Waals surface area contributed by atoms with Crippen molar-refractivity contribution in [3.05, 3.63) is 69.1 Å². The molecule has 1 atom stereocenters. The first-order valence-corrected chi connectivity index (χ1v) is 14.0. The Kier molecular flexibility index (Phi) is 9.05. The molecule has 2 amide bonds. The van der Waals surface area contributed by atoms with Gasteiger partial charge in [0.05, 0.1) is 16.3 Å². The van der Waals surface area contributed by atoms with E-state index in [1.165, 1.54) is 36.7 Å². The van der Waals surface area contributed by atoms with E-state index in [0.717, 1.165) is 0 Å². The highest BCUT2D eigenvalue weighted by Gasteiger charge is 2.37. The number of benzene rings is 1.